The largest absolute Gasteiger partial charge is 0.497 e. The first-order valence-electron chi connectivity index (χ1n) is 9.39. The minimum absolute atomic E-state index is 0.172. The summed E-state index contributed by atoms with van der Waals surface area (Å²) in [4.78, 5) is 18.9. The molecule has 0 radical (unpaired) electrons. The first-order valence-corrected chi connectivity index (χ1v) is 10.2. The average molecular weight is 410 g/mol. The minimum atomic E-state index is -0.265. The summed E-state index contributed by atoms with van der Waals surface area (Å²) in [5.41, 5.74) is 2.74. The fourth-order valence-corrected chi connectivity index (χ4v) is 4.40. The van der Waals surface area contributed by atoms with E-state index in [4.69, 9.17) is 9.15 Å². The van der Waals surface area contributed by atoms with Gasteiger partial charge in [-0.3, -0.25) is 0 Å². The van der Waals surface area contributed by atoms with Gasteiger partial charge < -0.3 is 19.4 Å². The Morgan fingerprint density at radius 3 is 2.86 bits per heavy atom. The van der Waals surface area contributed by atoms with Gasteiger partial charge >= 0.3 is 6.03 Å². The number of rotatable bonds is 5. The molecule has 1 N–H and O–H groups in total. The van der Waals surface area contributed by atoms with E-state index in [9.17, 15) is 4.79 Å². The number of hydrogen-bond acceptors (Lipinski definition) is 5. The maximum atomic E-state index is 12.7. The lowest BCUT2D eigenvalue weighted by Gasteiger charge is -2.20. The Bertz CT molecular complexity index is 1150. The van der Waals surface area contributed by atoms with Crippen LogP contribution in [-0.4, -0.2) is 30.1 Å². The van der Waals surface area contributed by atoms with Crippen molar-refractivity contribution >= 4 is 38.6 Å². The SMILES string of the molecule is COc1ccc2oc(C(C)NC(=O)N(C)Cc3nc4ccccc4s3)c(C)c2c1. The van der Waals surface area contributed by atoms with Gasteiger partial charge in [0.25, 0.3) is 0 Å². The Hall–Kier alpha value is -3.06. The Labute approximate surface area is 173 Å². The number of carbonyl (C=O) groups is 1. The van der Waals surface area contributed by atoms with Gasteiger partial charge in [-0.2, -0.15) is 0 Å². The highest BCUT2D eigenvalue weighted by Gasteiger charge is 2.21. The molecule has 150 valence electrons. The lowest BCUT2D eigenvalue weighted by Crippen LogP contribution is -2.38. The first-order chi connectivity index (χ1) is 14.0. The lowest BCUT2D eigenvalue weighted by atomic mass is 10.1. The fourth-order valence-electron chi connectivity index (χ4n) is 3.38. The molecule has 7 heteroatoms. The summed E-state index contributed by atoms with van der Waals surface area (Å²) in [6.45, 7) is 4.37. The van der Waals surface area contributed by atoms with Gasteiger partial charge in [-0.1, -0.05) is 12.1 Å². The molecule has 0 saturated heterocycles. The second kappa shape index (κ2) is 7.75. The molecule has 2 aromatic heterocycles. The van der Waals surface area contributed by atoms with Gasteiger partial charge in [-0.25, -0.2) is 9.78 Å². The minimum Gasteiger partial charge on any atom is -0.497 e. The van der Waals surface area contributed by atoms with E-state index in [1.54, 1.807) is 30.4 Å². The van der Waals surface area contributed by atoms with Crippen LogP contribution in [0.4, 0.5) is 4.79 Å². The number of amides is 2. The molecule has 4 aromatic rings. The number of aryl methyl sites for hydroxylation is 1. The zero-order valence-electron chi connectivity index (χ0n) is 16.9. The number of para-hydroxylation sites is 1. The standard InChI is InChI=1S/C22H23N3O3S/c1-13-16-11-15(27-4)9-10-18(16)28-21(13)14(2)23-22(26)25(3)12-20-24-17-7-5-6-8-19(17)29-20/h5-11,14H,12H2,1-4H3,(H,23,26). The van der Waals surface area contributed by atoms with E-state index in [-0.39, 0.29) is 12.1 Å². The second-order valence-corrected chi connectivity index (χ2v) is 8.17. The molecule has 0 fully saturated rings. The third kappa shape index (κ3) is 3.78. The van der Waals surface area contributed by atoms with E-state index < -0.39 is 0 Å². The van der Waals surface area contributed by atoms with E-state index in [1.807, 2.05) is 56.3 Å². The molecule has 4 rings (SSSR count). The Morgan fingerprint density at radius 1 is 1.31 bits per heavy atom. The van der Waals surface area contributed by atoms with Crippen molar-refractivity contribution in [2.24, 2.45) is 0 Å². The summed E-state index contributed by atoms with van der Waals surface area (Å²) in [7, 11) is 3.41. The van der Waals surface area contributed by atoms with Crippen molar-refractivity contribution in [3.63, 3.8) is 0 Å². The number of aromatic nitrogens is 1. The highest BCUT2D eigenvalue weighted by molar-refractivity contribution is 7.18. The van der Waals surface area contributed by atoms with Crippen LogP contribution in [0.5, 0.6) is 5.75 Å². The number of benzene rings is 2. The molecule has 29 heavy (non-hydrogen) atoms. The van der Waals surface area contributed by atoms with Crippen molar-refractivity contribution in [3.05, 3.63) is 58.8 Å². The predicted octanol–water partition coefficient (Wildman–Crippen LogP) is 5.26. The highest BCUT2D eigenvalue weighted by Crippen LogP contribution is 2.32. The maximum absolute atomic E-state index is 12.7. The van der Waals surface area contributed by atoms with Crippen LogP contribution in [0, 0.1) is 6.92 Å². The van der Waals surface area contributed by atoms with Crippen molar-refractivity contribution in [1.82, 2.24) is 15.2 Å². The topological polar surface area (TPSA) is 67.6 Å². The molecule has 0 aliphatic rings. The van der Waals surface area contributed by atoms with Crippen LogP contribution in [0.1, 0.15) is 29.3 Å². The number of urea groups is 1. The number of nitrogens with zero attached hydrogens (tertiary/aromatic N) is 2. The molecule has 0 aliphatic carbocycles. The average Bonchev–Trinajstić information content (AvgIpc) is 3.27. The second-order valence-electron chi connectivity index (χ2n) is 7.06. The van der Waals surface area contributed by atoms with Gasteiger partial charge in [-0.15, -0.1) is 11.3 Å². The van der Waals surface area contributed by atoms with Crippen LogP contribution in [0.25, 0.3) is 21.2 Å². The lowest BCUT2D eigenvalue weighted by molar-refractivity contribution is 0.202. The molecule has 2 heterocycles. The van der Waals surface area contributed by atoms with Crippen LogP contribution < -0.4 is 10.1 Å². The maximum Gasteiger partial charge on any atom is 0.318 e. The van der Waals surface area contributed by atoms with E-state index in [1.165, 1.54) is 0 Å². The molecular formula is C22H23N3O3S. The van der Waals surface area contributed by atoms with Gasteiger partial charge in [0.05, 0.1) is 29.9 Å². The third-order valence-corrected chi connectivity index (χ3v) is 5.99. The summed E-state index contributed by atoms with van der Waals surface area (Å²) in [6.07, 6.45) is 0. The molecule has 0 bridgehead atoms. The quantitative estimate of drug-likeness (QED) is 0.488. The number of thiazole rings is 1. The first kappa shape index (κ1) is 19.3. The summed E-state index contributed by atoms with van der Waals surface area (Å²) < 4.78 is 12.4. The van der Waals surface area contributed by atoms with Gasteiger partial charge in [0.15, 0.2) is 0 Å². The molecule has 6 nitrogen and oxygen atoms in total. The number of furan rings is 1. The van der Waals surface area contributed by atoms with E-state index in [0.717, 1.165) is 43.3 Å². The van der Waals surface area contributed by atoms with E-state index >= 15 is 0 Å². The Kier molecular flexibility index (Phi) is 5.15. The number of ether oxygens (including phenoxy) is 1. The van der Waals surface area contributed by atoms with E-state index in [0.29, 0.717) is 6.54 Å². The van der Waals surface area contributed by atoms with Crippen LogP contribution in [-0.2, 0) is 6.54 Å². The molecule has 1 unspecified atom stereocenters. The molecule has 2 aromatic carbocycles. The van der Waals surface area contributed by atoms with Gasteiger partial charge in [0.2, 0.25) is 0 Å². The van der Waals surface area contributed by atoms with Crippen molar-refractivity contribution in [1.29, 1.82) is 0 Å². The number of fused-ring (bicyclic) bond motifs is 2. The van der Waals surface area contributed by atoms with Crippen LogP contribution in [0.3, 0.4) is 0 Å². The van der Waals surface area contributed by atoms with Gasteiger partial charge in [0, 0.05) is 18.0 Å². The summed E-state index contributed by atoms with van der Waals surface area (Å²) in [5, 5.41) is 4.91. The molecule has 0 spiro atoms. The Balaban J connectivity index is 1.47. The molecular weight excluding hydrogens is 386 g/mol. The number of carbonyl (C=O) groups excluding carboxylic acids is 1. The number of methoxy groups -OCH3 is 1. The molecule has 0 saturated carbocycles. The predicted molar refractivity (Wildman–Crippen MR) is 116 cm³/mol. The Morgan fingerprint density at radius 2 is 2.10 bits per heavy atom. The van der Waals surface area contributed by atoms with E-state index in [2.05, 4.69) is 10.3 Å². The van der Waals surface area contributed by atoms with Crippen LogP contribution in [0.15, 0.2) is 46.9 Å². The monoisotopic (exact) mass is 409 g/mol. The van der Waals surface area contributed by atoms with Crippen molar-refractivity contribution < 1.29 is 13.9 Å². The van der Waals surface area contributed by atoms with Gasteiger partial charge in [-0.05, 0) is 44.2 Å². The summed E-state index contributed by atoms with van der Waals surface area (Å²) >= 11 is 1.60. The highest BCUT2D eigenvalue weighted by atomic mass is 32.1. The zero-order valence-corrected chi connectivity index (χ0v) is 17.7. The third-order valence-electron chi connectivity index (χ3n) is 4.97. The number of hydrogen-bond donors (Lipinski definition) is 1. The van der Waals surface area contributed by atoms with Crippen molar-refractivity contribution in [2.75, 3.05) is 14.2 Å². The normalized spacial score (nSPS) is 12.3. The molecule has 0 aliphatic heterocycles. The molecule has 1 atom stereocenters. The zero-order chi connectivity index (χ0) is 20.5. The van der Waals surface area contributed by atoms with Crippen LogP contribution >= 0.6 is 11.3 Å². The van der Waals surface area contributed by atoms with Crippen molar-refractivity contribution in [3.8, 4) is 5.75 Å². The van der Waals surface area contributed by atoms with Gasteiger partial charge in [0.1, 0.15) is 22.1 Å². The summed E-state index contributed by atoms with van der Waals surface area (Å²) in [5.74, 6) is 1.52. The smallest absolute Gasteiger partial charge is 0.318 e. The van der Waals surface area contributed by atoms with Crippen molar-refractivity contribution in [2.45, 2.75) is 26.4 Å². The fraction of sp³-hybridized carbons (Fsp3) is 0.273. The van der Waals surface area contributed by atoms with Crippen LogP contribution in [0.2, 0.25) is 0 Å². The molecule has 2 amide bonds. The number of nitrogens with one attached hydrogen (secondary N) is 1. The summed E-state index contributed by atoms with van der Waals surface area (Å²) in [6, 6.07) is 13.2.